The van der Waals surface area contributed by atoms with E-state index < -0.39 is 18.2 Å². The highest BCUT2D eigenvalue weighted by Crippen LogP contribution is 2.32. The summed E-state index contributed by atoms with van der Waals surface area (Å²) >= 11 is 0. The molecule has 0 spiro atoms. The van der Waals surface area contributed by atoms with Crippen LogP contribution in [0, 0.1) is 0 Å². The molecule has 2 aromatic rings. The summed E-state index contributed by atoms with van der Waals surface area (Å²) in [5.74, 6) is -0.139. The summed E-state index contributed by atoms with van der Waals surface area (Å²) in [6.07, 6.45) is -6.03. The summed E-state index contributed by atoms with van der Waals surface area (Å²) in [6, 6.07) is 9.21. The van der Waals surface area contributed by atoms with Gasteiger partial charge in [0.25, 0.3) is 0 Å². The molecule has 0 radical (unpaired) electrons. The van der Waals surface area contributed by atoms with Gasteiger partial charge in [0.1, 0.15) is 17.2 Å². The monoisotopic (exact) mass is 342 g/mol. The Balaban J connectivity index is 2.24. The fourth-order valence-corrected chi connectivity index (χ4v) is 1.85. The van der Waals surface area contributed by atoms with Crippen molar-refractivity contribution >= 4 is 17.5 Å². The van der Waals surface area contributed by atoms with Gasteiger partial charge in [-0.05, 0) is 24.3 Å². The number of nitrogen functional groups attached to an aromatic ring is 1. The lowest BCUT2D eigenvalue weighted by Crippen LogP contribution is -2.24. The second-order valence-electron chi connectivity index (χ2n) is 4.69. The summed E-state index contributed by atoms with van der Waals surface area (Å²) in [4.78, 5) is 11.9. The summed E-state index contributed by atoms with van der Waals surface area (Å²) in [5, 5.41) is 8.99. The second kappa shape index (κ2) is 6.57. The number of hydrogen-bond acceptors (Lipinski definition) is 4. The van der Waals surface area contributed by atoms with E-state index in [2.05, 4.69) is 4.74 Å². The Morgan fingerprint density at radius 2 is 1.75 bits per heavy atom. The Morgan fingerprint density at radius 3 is 2.38 bits per heavy atom. The summed E-state index contributed by atoms with van der Waals surface area (Å²) < 4.78 is 45.9. The van der Waals surface area contributed by atoms with Gasteiger partial charge in [0, 0.05) is 19.2 Å². The van der Waals surface area contributed by atoms with Crippen molar-refractivity contribution in [3.8, 4) is 17.2 Å². The van der Waals surface area contributed by atoms with E-state index in [1.807, 2.05) is 0 Å². The molecule has 1 amide bonds. The Kier molecular flexibility index (Phi) is 4.72. The molecule has 0 aliphatic heterocycles. The van der Waals surface area contributed by atoms with Crippen LogP contribution in [0.4, 0.5) is 29.3 Å². The molecule has 0 aromatic heterocycles. The van der Waals surface area contributed by atoms with Crippen molar-refractivity contribution in [1.82, 2.24) is 0 Å². The molecule has 0 saturated heterocycles. The topological polar surface area (TPSA) is 85.0 Å². The first-order chi connectivity index (χ1) is 11.2. The van der Waals surface area contributed by atoms with Crippen molar-refractivity contribution in [3.05, 3.63) is 42.5 Å². The van der Waals surface area contributed by atoms with Crippen LogP contribution >= 0.6 is 0 Å². The maximum atomic E-state index is 12.2. The average molecular weight is 342 g/mol. The summed E-state index contributed by atoms with van der Waals surface area (Å²) in [7, 11) is 1.30. The van der Waals surface area contributed by atoms with Crippen LogP contribution in [-0.2, 0) is 0 Å². The van der Waals surface area contributed by atoms with Crippen molar-refractivity contribution in [2.45, 2.75) is 6.36 Å². The third-order valence-electron chi connectivity index (χ3n) is 2.92. The SMILES string of the molecule is CN(C(=O)O)c1cc(Oc2cccc(OC(F)(F)F)c2)ccc1N. The van der Waals surface area contributed by atoms with Gasteiger partial charge in [0.15, 0.2) is 0 Å². The number of rotatable bonds is 4. The molecule has 3 N–H and O–H groups in total. The van der Waals surface area contributed by atoms with Crippen LogP contribution in [-0.4, -0.2) is 24.6 Å². The fraction of sp³-hybridized carbons (Fsp3) is 0.133. The zero-order valence-electron chi connectivity index (χ0n) is 12.4. The number of benzene rings is 2. The maximum absolute atomic E-state index is 12.2. The van der Waals surface area contributed by atoms with E-state index in [9.17, 15) is 18.0 Å². The number of nitrogens with two attached hydrogens (primary N) is 1. The Bertz CT molecular complexity index is 750. The quantitative estimate of drug-likeness (QED) is 0.818. The molecule has 24 heavy (non-hydrogen) atoms. The first-order valence-electron chi connectivity index (χ1n) is 6.55. The van der Waals surface area contributed by atoms with Crippen molar-refractivity contribution < 1.29 is 32.5 Å². The van der Waals surface area contributed by atoms with Crippen LogP contribution in [0.3, 0.4) is 0 Å². The number of carbonyl (C=O) groups is 1. The predicted molar refractivity (Wildman–Crippen MR) is 80.5 cm³/mol. The molecule has 0 heterocycles. The van der Waals surface area contributed by atoms with Gasteiger partial charge in [0.2, 0.25) is 0 Å². The van der Waals surface area contributed by atoms with Crippen LogP contribution in [0.1, 0.15) is 0 Å². The molecule has 6 nitrogen and oxygen atoms in total. The number of nitrogens with zero attached hydrogens (tertiary/aromatic N) is 1. The molecular weight excluding hydrogens is 329 g/mol. The van der Waals surface area contributed by atoms with Gasteiger partial charge in [-0.15, -0.1) is 13.2 Å². The molecule has 128 valence electrons. The highest BCUT2D eigenvalue weighted by Gasteiger charge is 2.31. The Labute approximate surface area is 134 Å². The van der Waals surface area contributed by atoms with E-state index in [1.165, 1.54) is 37.4 Å². The smallest absolute Gasteiger partial charge is 0.465 e. The molecule has 2 rings (SSSR count). The van der Waals surface area contributed by atoms with Gasteiger partial charge in [-0.1, -0.05) is 6.07 Å². The number of alkyl halides is 3. The number of anilines is 2. The molecule has 9 heteroatoms. The number of amides is 1. The molecular formula is C15H13F3N2O4. The average Bonchev–Trinajstić information content (AvgIpc) is 2.47. The van der Waals surface area contributed by atoms with Crippen molar-refractivity contribution in [2.24, 2.45) is 0 Å². The molecule has 0 atom stereocenters. The molecule has 0 aliphatic carbocycles. The van der Waals surface area contributed by atoms with Gasteiger partial charge in [-0.3, -0.25) is 4.90 Å². The van der Waals surface area contributed by atoms with Gasteiger partial charge >= 0.3 is 12.5 Å². The fourth-order valence-electron chi connectivity index (χ4n) is 1.85. The zero-order chi connectivity index (χ0) is 17.9. The molecule has 0 fully saturated rings. The Morgan fingerprint density at radius 1 is 1.12 bits per heavy atom. The molecule has 0 unspecified atom stereocenters. The van der Waals surface area contributed by atoms with Crippen molar-refractivity contribution in [3.63, 3.8) is 0 Å². The standard InChI is InChI=1S/C15H13F3N2O4/c1-20(14(21)22)13-8-10(5-6-12(13)19)23-9-3-2-4-11(7-9)24-15(16,17)18/h2-8H,19H2,1H3,(H,21,22). The third-order valence-corrected chi connectivity index (χ3v) is 2.92. The number of ether oxygens (including phenoxy) is 2. The first-order valence-corrected chi connectivity index (χ1v) is 6.55. The van der Waals surface area contributed by atoms with E-state index in [-0.39, 0.29) is 22.9 Å². The van der Waals surface area contributed by atoms with Crippen LogP contribution < -0.4 is 20.1 Å². The summed E-state index contributed by atoms with van der Waals surface area (Å²) in [5.41, 5.74) is 6.10. The Hall–Kier alpha value is -3.10. The summed E-state index contributed by atoms with van der Waals surface area (Å²) in [6.45, 7) is 0. The lowest BCUT2D eigenvalue weighted by atomic mass is 10.2. The maximum Gasteiger partial charge on any atom is 0.573 e. The lowest BCUT2D eigenvalue weighted by Gasteiger charge is -2.17. The van der Waals surface area contributed by atoms with Crippen molar-refractivity contribution in [2.75, 3.05) is 17.7 Å². The van der Waals surface area contributed by atoms with Gasteiger partial charge in [0.05, 0.1) is 11.4 Å². The van der Waals surface area contributed by atoms with Crippen LogP contribution in [0.15, 0.2) is 42.5 Å². The second-order valence-corrected chi connectivity index (χ2v) is 4.69. The highest BCUT2D eigenvalue weighted by atomic mass is 19.4. The van der Waals surface area contributed by atoms with Crippen LogP contribution in [0.25, 0.3) is 0 Å². The van der Waals surface area contributed by atoms with Gasteiger partial charge < -0.3 is 20.3 Å². The number of halogens is 3. The zero-order valence-corrected chi connectivity index (χ0v) is 12.4. The van der Waals surface area contributed by atoms with E-state index in [0.29, 0.717) is 0 Å². The van der Waals surface area contributed by atoms with Gasteiger partial charge in [-0.25, -0.2) is 4.79 Å². The van der Waals surface area contributed by atoms with E-state index in [0.717, 1.165) is 17.0 Å². The third kappa shape index (κ3) is 4.45. The number of hydrogen-bond donors (Lipinski definition) is 2. The molecule has 0 aliphatic rings. The van der Waals surface area contributed by atoms with E-state index in [1.54, 1.807) is 0 Å². The molecule has 0 saturated carbocycles. The minimum atomic E-state index is -4.81. The normalized spacial score (nSPS) is 11.0. The minimum absolute atomic E-state index is 0.0884. The molecule has 2 aromatic carbocycles. The van der Waals surface area contributed by atoms with E-state index in [4.69, 9.17) is 15.6 Å². The lowest BCUT2D eigenvalue weighted by molar-refractivity contribution is -0.274. The van der Waals surface area contributed by atoms with Crippen LogP contribution in [0.5, 0.6) is 17.2 Å². The largest absolute Gasteiger partial charge is 0.573 e. The minimum Gasteiger partial charge on any atom is -0.465 e. The van der Waals surface area contributed by atoms with E-state index >= 15 is 0 Å². The van der Waals surface area contributed by atoms with Gasteiger partial charge in [-0.2, -0.15) is 0 Å². The molecule has 0 bridgehead atoms. The van der Waals surface area contributed by atoms with Crippen molar-refractivity contribution in [1.29, 1.82) is 0 Å². The first kappa shape index (κ1) is 17.3. The predicted octanol–water partition coefficient (Wildman–Crippen LogP) is 4.07. The van der Waals surface area contributed by atoms with Crippen LogP contribution in [0.2, 0.25) is 0 Å². The highest BCUT2D eigenvalue weighted by molar-refractivity contribution is 5.90. The number of carboxylic acid groups (broad SMARTS) is 1.